The average Bonchev–Trinajstić information content (AvgIpc) is 2.57. The zero-order chi connectivity index (χ0) is 17.6. The van der Waals surface area contributed by atoms with Crippen molar-refractivity contribution in [3.05, 3.63) is 29.8 Å². The largest absolute Gasteiger partial charge is 0.377 e. The average molecular weight is 467 g/mol. The van der Waals surface area contributed by atoms with E-state index >= 15 is 0 Å². The van der Waals surface area contributed by atoms with Crippen molar-refractivity contribution >= 4 is 65.3 Å². The lowest BCUT2D eigenvalue weighted by atomic mass is 10.1. The van der Waals surface area contributed by atoms with Crippen LogP contribution in [0.4, 0.5) is 5.69 Å². The summed E-state index contributed by atoms with van der Waals surface area (Å²) in [4.78, 5) is 2.29. The molecule has 2 rings (SSSR count). The minimum atomic E-state index is -1.41. The second kappa shape index (κ2) is 12.8. The van der Waals surface area contributed by atoms with Crippen molar-refractivity contribution in [1.29, 1.82) is 0 Å². The van der Waals surface area contributed by atoms with E-state index in [4.69, 9.17) is 39.5 Å². The minimum Gasteiger partial charge on any atom is -0.377 e. The van der Waals surface area contributed by atoms with E-state index in [-0.39, 0.29) is 37.0 Å². The van der Waals surface area contributed by atoms with Crippen molar-refractivity contribution in [2.24, 2.45) is 0 Å². The Balaban J connectivity index is 0.00000312. The van der Waals surface area contributed by atoms with Gasteiger partial charge in [-0.2, -0.15) is 0 Å². The third-order valence-corrected chi connectivity index (χ3v) is 5.16. The second-order valence-corrected chi connectivity index (χ2v) is 8.50. The first-order valence-electron chi connectivity index (χ1n) is 8.72. The molecule has 26 heavy (non-hydrogen) atoms. The lowest BCUT2D eigenvalue weighted by molar-refractivity contribution is 0.0154. The van der Waals surface area contributed by atoms with Gasteiger partial charge in [0.1, 0.15) is 0 Å². The Bertz CT molecular complexity index is 485. The van der Waals surface area contributed by atoms with E-state index in [1.165, 1.54) is 12.1 Å². The molecule has 152 valence electrons. The summed E-state index contributed by atoms with van der Waals surface area (Å²) in [5, 5.41) is 3.39. The smallest absolute Gasteiger partial charge is 0.209 e. The molecule has 8 heteroatoms. The Morgan fingerprint density at radius 3 is 2.19 bits per heavy atom. The van der Waals surface area contributed by atoms with Crippen molar-refractivity contribution < 1.29 is 4.74 Å². The van der Waals surface area contributed by atoms with E-state index in [1.807, 2.05) is 12.1 Å². The highest BCUT2D eigenvalue weighted by atomic mass is 35.6. The number of halogens is 5. The van der Waals surface area contributed by atoms with Crippen LogP contribution in [0.5, 0.6) is 0 Å². The highest BCUT2D eigenvalue weighted by molar-refractivity contribution is 6.68. The van der Waals surface area contributed by atoms with Gasteiger partial charge in [0, 0.05) is 31.9 Å². The third-order valence-electron chi connectivity index (χ3n) is 4.51. The Labute approximate surface area is 184 Å². The molecule has 3 nitrogen and oxygen atoms in total. The summed E-state index contributed by atoms with van der Waals surface area (Å²) in [7, 11) is 0. The Morgan fingerprint density at radius 1 is 1.12 bits per heavy atom. The number of rotatable bonds is 7. The Hall–Kier alpha value is 0.390. The van der Waals surface area contributed by atoms with E-state index in [2.05, 4.69) is 36.2 Å². The molecule has 0 amide bonds. The Morgan fingerprint density at radius 2 is 1.73 bits per heavy atom. The first-order chi connectivity index (χ1) is 11.5. The fourth-order valence-corrected chi connectivity index (χ4v) is 3.72. The molecule has 0 aliphatic carbocycles. The van der Waals surface area contributed by atoms with Gasteiger partial charge in [-0.1, -0.05) is 46.9 Å². The van der Waals surface area contributed by atoms with E-state index in [1.54, 1.807) is 0 Å². The molecular formula is C18H29Cl5N2O. The number of ether oxygens (including phenoxy) is 1. The van der Waals surface area contributed by atoms with Crippen LogP contribution in [0.2, 0.25) is 0 Å². The van der Waals surface area contributed by atoms with Gasteiger partial charge in [0.15, 0.2) is 0 Å². The molecular weight excluding hydrogens is 437 g/mol. The molecule has 0 aromatic heterocycles. The monoisotopic (exact) mass is 464 g/mol. The quantitative estimate of drug-likeness (QED) is 0.503. The second-order valence-electron chi connectivity index (χ2n) is 6.14. The molecule has 0 saturated carbocycles. The highest BCUT2D eigenvalue weighted by Gasteiger charge is 2.34. The number of alkyl halides is 3. The summed E-state index contributed by atoms with van der Waals surface area (Å²) in [6, 6.07) is 7.89. The standard InChI is InChI=1S/C18H27Cl3N2O.2ClH/c1-3-23(4-2)15-10-8-14(9-11-15)17(18(19,20)21)22-13-16-7-5-6-12-24-16;;/h8-11,16-17,22H,3-7,12-13H2,1-2H3;2*1H. The summed E-state index contributed by atoms with van der Waals surface area (Å²) in [6.07, 6.45) is 3.59. The maximum absolute atomic E-state index is 6.23. The van der Waals surface area contributed by atoms with Crippen molar-refractivity contribution in [2.75, 3.05) is 31.1 Å². The molecule has 1 heterocycles. The number of nitrogens with one attached hydrogen (secondary N) is 1. The van der Waals surface area contributed by atoms with Crippen LogP contribution in [0.1, 0.15) is 44.7 Å². The molecule has 1 saturated heterocycles. The maximum Gasteiger partial charge on any atom is 0.209 e. The van der Waals surface area contributed by atoms with Gasteiger partial charge in [-0.25, -0.2) is 0 Å². The fraction of sp³-hybridized carbons (Fsp3) is 0.667. The van der Waals surface area contributed by atoms with Crippen LogP contribution >= 0.6 is 59.6 Å². The predicted molar refractivity (Wildman–Crippen MR) is 119 cm³/mol. The summed E-state index contributed by atoms with van der Waals surface area (Å²) < 4.78 is 4.35. The van der Waals surface area contributed by atoms with Crippen LogP contribution in [0.3, 0.4) is 0 Å². The molecule has 1 aliphatic rings. The maximum atomic E-state index is 6.23. The molecule has 1 aromatic carbocycles. The van der Waals surface area contributed by atoms with Gasteiger partial charge in [-0.3, -0.25) is 0 Å². The Kier molecular flexibility index (Phi) is 13.0. The van der Waals surface area contributed by atoms with Gasteiger partial charge in [0.05, 0.1) is 12.1 Å². The normalized spacial score (nSPS) is 18.4. The summed E-state index contributed by atoms with van der Waals surface area (Å²) in [5.41, 5.74) is 2.16. The number of hydrogen-bond acceptors (Lipinski definition) is 3. The fourth-order valence-electron chi connectivity index (χ4n) is 3.11. The first kappa shape index (κ1) is 26.4. The summed E-state index contributed by atoms with van der Waals surface area (Å²) >= 11 is 18.7. The highest BCUT2D eigenvalue weighted by Crippen LogP contribution is 2.40. The van der Waals surface area contributed by atoms with Crippen LogP contribution in [-0.4, -0.2) is 36.1 Å². The zero-order valence-corrected chi connectivity index (χ0v) is 19.1. The van der Waals surface area contributed by atoms with Crippen LogP contribution in [0.25, 0.3) is 0 Å². The van der Waals surface area contributed by atoms with E-state index in [9.17, 15) is 0 Å². The molecule has 0 bridgehead atoms. The van der Waals surface area contributed by atoms with Crippen molar-refractivity contribution in [1.82, 2.24) is 5.32 Å². The van der Waals surface area contributed by atoms with Crippen molar-refractivity contribution in [3.63, 3.8) is 0 Å². The van der Waals surface area contributed by atoms with Gasteiger partial charge in [0.2, 0.25) is 3.79 Å². The van der Waals surface area contributed by atoms with E-state index in [0.717, 1.165) is 38.1 Å². The molecule has 1 N–H and O–H groups in total. The lowest BCUT2D eigenvalue weighted by Crippen LogP contribution is -2.39. The number of nitrogens with zero attached hydrogens (tertiary/aromatic N) is 1. The number of hydrogen-bond donors (Lipinski definition) is 1. The van der Waals surface area contributed by atoms with Crippen LogP contribution in [0, 0.1) is 0 Å². The molecule has 0 radical (unpaired) electrons. The van der Waals surface area contributed by atoms with Crippen LogP contribution in [0.15, 0.2) is 24.3 Å². The molecule has 1 aliphatic heterocycles. The molecule has 1 aromatic rings. The molecule has 1 fully saturated rings. The van der Waals surface area contributed by atoms with E-state index in [0.29, 0.717) is 6.54 Å². The van der Waals surface area contributed by atoms with E-state index < -0.39 is 3.79 Å². The molecule has 2 unspecified atom stereocenters. The summed E-state index contributed by atoms with van der Waals surface area (Å²) in [6.45, 7) is 7.75. The zero-order valence-electron chi connectivity index (χ0n) is 15.2. The number of anilines is 1. The lowest BCUT2D eigenvalue weighted by Gasteiger charge is -2.30. The van der Waals surface area contributed by atoms with Gasteiger partial charge in [0.25, 0.3) is 0 Å². The molecule has 2 atom stereocenters. The van der Waals surface area contributed by atoms with Gasteiger partial charge in [-0.05, 0) is 50.8 Å². The number of benzene rings is 1. The third kappa shape index (κ3) is 7.79. The topological polar surface area (TPSA) is 24.5 Å². The summed E-state index contributed by atoms with van der Waals surface area (Å²) in [5.74, 6) is 0. The molecule has 0 spiro atoms. The van der Waals surface area contributed by atoms with Crippen LogP contribution < -0.4 is 10.2 Å². The minimum absolute atomic E-state index is 0. The van der Waals surface area contributed by atoms with Crippen molar-refractivity contribution in [3.8, 4) is 0 Å². The van der Waals surface area contributed by atoms with Crippen LogP contribution in [-0.2, 0) is 4.74 Å². The van der Waals surface area contributed by atoms with Gasteiger partial charge in [-0.15, -0.1) is 24.8 Å². The SMILES string of the molecule is CCN(CC)c1ccc(C(NCC2CCCCO2)C(Cl)(Cl)Cl)cc1.Cl.Cl. The van der Waals surface area contributed by atoms with Gasteiger partial charge < -0.3 is 15.0 Å². The van der Waals surface area contributed by atoms with Crippen molar-refractivity contribution in [2.45, 2.75) is 49.0 Å². The van der Waals surface area contributed by atoms with Gasteiger partial charge >= 0.3 is 0 Å². The predicted octanol–water partition coefficient (Wildman–Crippen LogP) is 5.95. The first-order valence-corrected chi connectivity index (χ1v) is 9.85.